The molecule has 4 aromatic heterocycles. The highest BCUT2D eigenvalue weighted by Crippen LogP contribution is 2.37. The van der Waals surface area contributed by atoms with E-state index in [1.807, 2.05) is 23.9 Å². The van der Waals surface area contributed by atoms with Gasteiger partial charge in [-0.25, -0.2) is 4.98 Å². The van der Waals surface area contributed by atoms with Gasteiger partial charge in [0.15, 0.2) is 11.8 Å². The third-order valence-electron chi connectivity index (χ3n) is 3.01. The number of aromatic amines is 2. The Hall–Kier alpha value is -1.98. The minimum absolute atomic E-state index is 0.892. The summed E-state index contributed by atoms with van der Waals surface area (Å²) >= 11 is 3.58. The standard InChI is InChI=1S/C14H9N3S2/c1-2-11(18-7-1)12-4-3-10(19-12)9-5-6-15-14-13(9)16-8-17-14/h1-8H,(H,15,16,17)/p+1. The SMILES string of the molecule is c1csc(-c2ccc(-c3ccnc4[nH+]c[nH]c34)s2)c1. The van der Waals surface area contributed by atoms with Crippen LogP contribution >= 0.6 is 22.7 Å². The van der Waals surface area contributed by atoms with Gasteiger partial charge in [0.05, 0.1) is 0 Å². The van der Waals surface area contributed by atoms with E-state index in [1.54, 1.807) is 11.3 Å². The van der Waals surface area contributed by atoms with Gasteiger partial charge in [-0.05, 0) is 29.6 Å². The molecule has 0 aromatic carbocycles. The zero-order chi connectivity index (χ0) is 12.7. The number of pyridine rings is 1. The van der Waals surface area contributed by atoms with Crippen LogP contribution in [-0.2, 0) is 0 Å². The smallest absolute Gasteiger partial charge is 0.274 e. The summed E-state index contributed by atoms with van der Waals surface area (Å²) in [6, 6.07) is 10.7. The normalized spacial score (nSPS) is 11.2. The third-order valence-corrected chi connectivity index (χ3v) is 5.20. The van der Waals surface area contributed by atoms with Gasteiger partial charge in [-0.3, -0.25) is 4.98 Å². The molecule has 3 nitrogen and oxygen atoms in total. The van der Waals surface area contributed by atoms with Gasteiger partial charge in [0.2, 0.25) is 0 Å². The van der Waals surface area contributed by atoms with Gasteiger partial charge in [0.1, 0.15) is 6.20 Å². The lowest BCUT2D eigenvalue weighted by atomic mass is 10.2. The molecule has 0 aliphatic heterocycles. The molecule has 0 radical (unpaired) electrons. The molecule has 0 saturated carbocycles. The summed E-state index contributed by atoms with van der Waals surface area (Å²) in [4.78, 5) is 14.5. The number of fused-ring (bicyclic) bond motifs is 1. The van der Waals surface area contributed by atoms with Crippen LogP contribution < -0.4 is 4.98 Å². The number of hydrogen-bond acceptors (Lipinski definition) is 3. The van der Waals surface area contributed by atoms with Crippen molar-refractivity contribution in [1.82, 2.24) is 9.97 Å². The van der Waals surface area contributed by atoms with Crippen molar-refractivity contribution in [2.45, 2.75) is 0 Å². The molecule has 0 aliphatic rings. The van der Waals surface area contributed by atoms with Gasteiger partial charge < -0.3 is 0 Å². The Morgan fingerprint density at radius 1 is 1.05 bits per heavy atom. The van der Waals surface area contributed by atoms with Crippen LogP contribution in [0.3, 0.4) is 0 Å². The molecular formula is C14H10N3S2+. The van der Waals surface area contributed by atoms with Gasteiger partial charge >= 0.3 is 0 Å². The lowest BCUT2D eigenvalue weighted by Gasteiger charge is -1.94. The Kier molecular flexibility index (Phi) is 2.46. The molecule has 0 fully saturated rings. The van der Waals surface area contributed by atoms with Crippen LogP contribution in [0.2, 0.25) is 0 Å². The van der Waals surface area contributed by atoms with E-state index < -0.39 is 0 Å². The van der Waals surface area contributed by atoms with Crippen molar-refractivity contribution < 1.29 is 4.98 Å². The molecule has 19 heavy (non-hydrogen) atoms. The topological polar surface area (TPSA) is 42.8 Å². The van der Waals surface area contributed by atoms with Crippen molar-refractivity contribution in [3.8, 4) is 20.2 Å². The molecule has 0 amide bonds. The summed E-state index contributed by atoms with van der Waals surface area (Å²) in [6.45, 7) is 0. The first-order valence-electron chi connectivity index (χ1n) is 5.90. The quantitative estimate of drug-likeness (QED) is 0.597. The summed E-state index contributed by atoms with van der Waals surface area (Å²) in [5, 5.41) is 2.11. The molecule has 4 heterocycles. The van der Waals surface area contributed by atoms with E-state index in [1.165, 1.54) is 20.2 Å². The average molecular weight is 284 g/mol. The Bertz CT molecular complexity index is 827. The number of imidazole rings is 1. The van der Waals surface area contributed by atoms with Crippen molar-refractivity contribution in [2.24, 2.45) is 0 Å². The molecule has 5 heteroatoms. The Morgan fingerprint density at radius 2 is 2.00 bits per heavy atom. The van der Waals surface area contributed by atoms with Crippen molar-refractivity contribution in [3.05, 3.63) is 48.2 Å². The zero-order valence-electron chi connectivity index (χ0n) is 9.88. The largest absolute Gasteiger partial charge is 0.299 e. The third kappa shape index (κ3) is 1.78. The lowest BCUT2D eigenvalue weighted by Crippen LogP contribution is -1.96. The number of hydrogen-bond donors (Lipinski definition) is 1. The Labute approximate surface area is 117 Å². The van der Waals surface area contributed by atoms with Crippen molar-refractivity contribution in [2.75, 3.05) is 0 Å². The molecular weight excluding hydrogens is 274 g/mol. The molecule has 0 bridgehead atoms. The zero-order valence-corrected chi connectivity index (χ0v) is 11.5. The molecule has 92 valence electrons. The van der Waals surface area contributed by atoms with Crippen LogP contribution in [-0.4, -0.2) is 9.97 Å². The van der Waals surface area contributed by atoms with Gasteiger partial charge in [-0.15, -0.1) is 27.7 Å². The first-order chi connectivity index (χ1) is 9.42. The minimum atomic E-state index is 0.892. The molecule has 4 aromatic rings. The van der Waals surface area contributed by atoms with E-state index in [0.717, 1.165) is 11.2 Å². The predicted molar refractivity (Wildman–Crippen MR) is 79.3 cm³/mol. The fourth-order valence-electron chi connectivity index (χ4n) is 2.13. The molecule has 0 spiro atoms. The number of nitrogens with zero attached hydrogens (tertiary/aromatic N) is 1. The number of H-pyrrole nitrogens is 2. The van der Waals surface area contributed by atoms with Crippen molar-refractivity contribution in [1.29, 1.82) is 0 Å². The van der Waals surface area contributed by atoms with E-state index >= 15 is 0 Å². The van der Waals surface area contributed by atoms with Gasteiger partial charge in [0.25, 0.3) is 5.65 Å². The molecule has 0 atom stereocenters. The second-order valence-electron chi connectivity index (χ2n) is 4.16. The van der Waals surface area contributed by atoms with E-state index in [0.29, 0.717) is 0 Å². The number of rotatable bonds is 2. The highest BCUT2D eigenvalue weighted by atomic mass is 32.1. The maximum atomic E-state index is 4.30. The van der Waals surface area contributed by atoms with Crippen LogP contribution in [0.5, 0.6) is 0 Å². The number of aromatic nitrogens is 3. The first-order valence-corrected chi connectivity index (χ1v) is 7.59. The fourth-order valence-corrected chi connectivity index (χ4v) is 4.01. The van der Waals surface area contributed by atoms with E-state index in [-0.39, 0.29) is 0 Å². The molecule has 0 aliphatic carbocycles. The highest BCUT2D eigenvalue weighted by Gasteiger charge is 2.13. The summed E-state index contributed by atoms with van der Waals surface area (Å²) in [6.07, 6.45) is 3.65. The first kappa shape index (κ1) is 10.9. The Morgan fingerprint density at radius 3 is 2.89 bits per heavy atom. The van der Waals surface area contributed by atoms with Crippen LogP contribution in [0.15, 0.2) is 48.2 Å². The van der Waals surface area contributed by atoms with Crippen molar-refractivity contribution >= 4 is 33.8 Å². The second kappa shape index (κ2) is 4.29. The minimum Gasteiger partial charge on any atom is -0.274 e. The summed E-state index contributed by atoms with van der Waals surface area (Å²) in [5.41, 5.74) is 3.14. The molecule has 0 unspecified atom stereocenters. The summed E-state index contributed by atoms with van der Waals surface area (Å²) in [7, 11) is 0. The van der Waals surface area contributed by atoms with Crippen LogP contribution in [0.1, 0.15) is 0 Å². The van der Waals surface area contributed by atoms with Gasteiger partial charge in [0, 0.05) is 20.2 Å². The monoisotopic (exact) mass is 284 g/mol. The second-order valence-corrected chi connectivity index (χ2v) is 6.19. The van der Waals surface area contributed by atoms with E-state index in [4.69, 9.17) is 0 Å². The average Bonchev–Trinajstić information content (AvgIpc) is 3.18. The van der Waals surface area contributed by atoms with Crippen LogP contribution in [0.4, 0.5) is 0 Å². The maximum Gasteiger partial charge on any atom is 0.299 e. The Balaban J connectivity index is 1.87. The van der Waals surface area contributed by atoms with E-state index in [2.05, 4.69) is 50.7 Å². The van der Waals surface area contributed by atoms with Gasteiger partial charge in [-0.2, -0.15) is 0 Å². The highest BCUT2D eigenvalue weighted by molar-refractivity contribution is 7.23. The fraction of sp³-hybridized carbons (Fsp3) is 0. The summed E-state index contributed by atoms with van der Waals surface area (Å²) in [5.74, 6) is 0. The lowest BCUT2D eigenvalue weighted by molar-refractivity contribution is -0.347. The summed E-state index contributed by atoms with van der Waals surface area (Å²) < 4.78 is 0. The van der Waals surface area contributed by atoms with Crippen LogP contribution in [0.25, 0.3) is 31.4 Å². The maximum absolute atomic E-state index is 4.30. The number of thiophene rings is 2. The molecule has 0 saturated heterocycles. The number of nitrogens with one attached hydrogen (secondary N) is 2. The van der Waals surface area contributed by atoms with Gasteiger partial charge in [-0.1, -0.05) is 6.07 Å². The predicted octanol–water partition coefficient (Wildman–Crippen LogP) is 3.83. The van der Waals surface area contributed by atoms with Crippen LogP contribution in [0, 0.1) is 0 Å². The van der Waals surface area contributed by atoms with Crippen molar-refractivity contribution in [3.63, 3.8) is 0 Å². The molecule has 4 rings (SSSR count). The van der Waals surface area contributed by atoms with E-state index in [9.17, 15) is 0 Å². The molecule has 2 N–H and O–H groups in total.